The Morgan fingerprint density at radius 3 is 2.17 bits per heavy atom. The van der Waals surface area contributed by atoms with E-state index in [0.717, 1.165) is 16.3 Å². The van der Waals surface area contributed by atoms with Gasteiger partial charge in [-0.3, -0.25) is 14.4 Å². The Balaban J connectivity index is 1.57. The summed E-state index contributed by atoms with van der Waals surface area (Å²) >= 11 is 0. The Kier molecular flexibility index (Phi) is 6.24. The first-order valence-electron chi connectivity index (χ1n) is 9.27. The van der Waals surface area contributed by atoms with Crippen LogP contribution >= 0.6 is 0 Å². The first-order chi connectivity index (χ1) is 13.9. The number of hydrogen-bond acceptors (Lipinski definition) is 4. The van der Waals surface area contributed by atoms with Crippen LogP contribution in [0.1, 0.15) is 19.4 Å². The number of benzene rings is 3. The van der Waals surface area contributed by atoms with Crippen molar-refractivity contribution in [3.8, 4) is 0 Å². The lowest BCUT2D eigenvalue weighted by Gasteiger charge is -2.14. The molecule has 6 nitrogen and oxygen atoms in total. The molecule has 2 amide bonds. The predicted octanol–water partition coefficient (Wildman–Crippen LogP) is 3.91. The molecule has 0 heterocycles. The van der Waals surface area contributed by atoms with Gasteiger partial charge in [-0.05, 0) is 47.5 Å². The lowest BCUT2D eigenvalue weighted by Crippen LogP contribution is -2.30. The zero-order valence-corrected chi connectivity index (χ0v) is 16.3. The summed E-state index contributed by atoms with van der Waals surface area (Å²) < 4.78 is 5.31. The molecule has 148 valence electrons. The van der Waals surface area contributed by atoms with Crippen molar-refractivity contribution in [2.75, 3.05) is 10.6 Å². The molecule has 0 aliphatic heterocycles. The summed E-state index contributed by atoms with van der Waals surface area (Å²) in [5, 5.41) is 7.38. The molecule has 0 saturated carbocycles. The predicted molar refractivity (Wildman–Crippen MR) is 113 cm³/mol. The van der Waals surface area contributed by atoms with Crippen molar-refractivity contribution in [3.05, 3.63) is 72.3 Å². The Labute approximate surface area is 168 Å². The molecule has 0 aliphatic rings. The SMILES string of the molecule is CC(=O)Nc1ccc(NC(=O)[C@H](C)OC(=O)Cc2cccc3ccccc23)cc1. The second kappa shape index (κ2) is 9.01. The van der Waals surface area contributed by atoms with E-state index >= 15 is 0 Å². The van der Waals surface area contributed by atoms with E-state index in [-0.39, 0.29) is 12.3 Å². The van der Waals surface area contributed by atoms with Crippen molar-refractivity contribution < 1.29 is 19.1 Å². The molecule has 1 atom stereocenters. The standard InChI is InChI=1S/C23H22N2O4/c1-15(23(28)25-20-12-10-19(11-13-20)24-16(2)26)29-22(27)14-18-8-5-7-17-6-3-4-9-21(17)18/h3-13,15H,14H2,1-2H3,(H,24,26)(H,25,28)/t15-/m0/s1. The maximum absolute atomic E-state index is 12.3. The van der Waals surface area contributed by atoms with Gasteiger partial charge in [0.05, 0.1) is 6.42 Å². The summed E-state index contributed by atoms with van der Waals surface area (Å²) in [6.45, 7) is 2.95. The van der Waals surface area contributed by atoms with Gasteiger partial charge in [0.2, 0.25) is 5.91 Å². The number of hydrogen-bond donors (Lipinski definition) is 2. The second-order valence-electron chi connectivity index (χ2n) is 6.69. The van der Waals surface area contributed by atoms with Crippen molar-refractivity contribution in [2.45, 2.75) is 26.4 Å². The zero-order valence-electron chi connectivity index (χ0n) is 16.3. The molecule has 0 radical (unpaired) electrons. The van der Waals surface area contributed by atoms with Crippen LogP contribution in [0.15, 0.2) is 66.7 Å². The summed E-state index contributed by atoms with van der Waals surface area (Å²) in [6.07, 6.45) is -0.850. The van der Waals surface area contributed by atoms with Gasteiger partial charge in [0, 0.05) is 18.3 Å². The smallest absolute Gasteiger partial charge is 0.311 e. The van der Waals surface area contributed by atoms with Crippen molar-refractivity contribution >= 4 is 39.9 Å². The molecule has 0 unspecified atom stereocenters. The Hall–Kier alpha value is -3.67. The third kappa shape index (κ3) is 5.42. The fourth-order valence-corrected chi connectivity index (χ4v) is 2.98. The number of anilines is 2. The molecular weight excluding hydrogens is 368 g/mol. The van der Waals surface area contributed by atoms with E-state index in [1.165, 1.54) is 13.8 Å². The van der Waals surface area contributed by atoms with Crippen molar-refractivity contribution in [1.29, 1.82) is 0 Å². The van der Waals surface area contributed by atoms with Crippen LogP contribution in [-0.2, 0) is 25.5 Å². The fourth-order valence-electron chi connectivity index (χ4n) is 2.98. The summed E-state index contributed by atoms with van der Waals surface area (Å²) in [4.78, 5) is 35.7. The summed E-state index contributed by atoms with van der Waals surface area (Å²) in [5.41, 5.74) is 2.03. The van der Waals surface area contributed by atoms with E-state index in [1.807, 2.05) is 42.5 Å². The molecule has 0 aromatic heterocycles. The van der Waals surface area contributed by atoms with Gasteiger partial charge >= 0.3 is 5.97 Å². The summed E-state index contributed by atoms with van der Waals surface area (Å²) in [6, 6.07) is 20.2. The minimum absolute atomic E-state index is 0.0877. The van der Waals surface area contributed by atoms with Crippen LogP contribution in [0.4, 0.5) is 11.4 Å². The summed E-state index contributed by atoms with van der Waals surface area (Å²) in [5.74, 6) is -1.07. The highest BCUT2D eigenvalue weighted by Gasteiger charge is 2.18. The number of nitrogens with one attached hydrogen (secondary N) is 2. The first-order valence-corrected chi connectivity index (χ1v) is 9.27. The minimum Gasteiger partial charge on any atom is -0.452 e. The van der Waals surface area contributed by atoms with Gasteiger partial charge in [0.15, 0.2) is 6.10 Å². The Morgan fingerprint density at radius 1 is 0.862 bits per heavy atom. The molecule has 0 aliphatic carbocycles. The molecular formula is C23H22N2O4. The largest absolute Gasteiger partial charge is 0.452 e. The van der Waals surface area contributed by atoms with E-state index in [4.69, 9.17) is 4.74 Å². The number of ether oxygens (including phenoxy) is 1. The van der Waals surface area contributed by atoms with Gasteiger partial charge in [-0.25, -0.2) is 0 Å². The molecule has 6 heteroatoms. The Bertz CT molecular complexity index is 1040. The maximum atomic E-state index is 12.3. The molecule has 3 aromatic carbocycles. The highest BCUT2D eigenvalue weighted by molar-refractivity contribution is 5.96. The van der Waals surface area contributed by atoms with Gasteiger partial charge in [0.25, 0.3) is 5.91 Å². The average molecular weight is 390 g/mol. The van der Waals surface area contributed by atoms with Crippen LogP contribution in [0.3, 0.4) is 0 Å². The van der Waals surface area contributed by atoms with Crippen LogP contribution in [0.2, 0.25) is 0 Å². The highest BCUT2D eigenvalue weighted by atomic mass is 16.5. The highest BCUT2D eigenvalue weighted by Crippen LogP contribution is 2.19. The fraction of sp³-hybridized carbons (Fsp3) is 0.174. The van der Waals surface area contributed by atoms with E-state index < -0.39 is 18.0 Å². The number of fused-ring (bicyclic) bond motifs is 1. The maximum Gasteiger partial charge on any atom is 0.311 e. The molecule has 3 rings (SSSR count). The van der Waals surface area contributed by atoms with Gasteiger partial charge in [-0.15, -0.1) is 0 Å². The molecule has 0 saturated heterocycles. The molecule has 0 bridgehead atoms. The topological polar surface area (TPSA) is 84.5 Å². The quantitative estimate of drug-likeness (QED) is 0.625. The van der Waals surface area contributed by atoms with E-state index in [1.54, 1.807) is 24.3 Å². The van der Waals surface area contributed by atoms with Gasteiger partial charge in [-0.1, -0.05) is 42.5 Å². The average Bonchev–Trinajstić information content (AvgIpc) is 2.69. The van der Waals surface area contributed by atoms with E-state index in [0.29, 0.717) is 11.4 Å². The molecule has 0 fully saturated rings. The third-order valence-corrected chi connectivity index (χ3v) is 4.36. The van der Waals surface area contributed by atoms with Crippen molar-refractivity contribution in [3.63, 3.8) is 0 Å². The first kappa shape index (κ1) is 20.1. The molecule has 2 N–H and O–H groups in total. The van der Waals surface area contributed by atoms with E-state index in [2.05, 4.69) is 10.6 Å². The van der Waals surface area contributed by atoms with Crippen molar-refractivity contribution in [1.82, 2.24) is 0 Å². The lowest BCUT2D eigenvalue weighted by atomic mass is 10.0. The summed E-state index contributed by atoms with van der Waals surface area (Å²) in [7, 11) is 0. The molecule has 29 heavy (non-hydrogen) atoms. The third-order valence-electron chi connectivity index (χ3n) is 4.36. The van der Waals surface area contributed by atoms with Gasteiger partial charge in [-0.2, -0.15) is 0 Å². The van der Waals surface area contributed by atoms with E-state index in [9.17, 15) is 14.4 Å². The van der Waals surface area contributed by atoms with Gasteiger partial charge < -0.3 is 15.4 Å². The van der Waals surface area contributed by atoms with Crippen LogP contribution in [0, 0.1) is 0 Å². The van der Waals surface area contributed by atoms with Gasteiger partial charge in [0.1, 0.15) is 0 Å². The van der Waals surface area contributed by atoms with Crippen LogP contribution in [0.5, 0.6) is 0 Å². The number of esters is 1. The number of rotatable bonds is 6. The zero-order chi connectivity index (χ0) is 20.8. The minimum atomic E-state index is -0.938. The monoisotopic (exact) mass is 390 g/mol. The lowest BCUT2D eigenvalue weighted by molar-refractivity contribution is -0.152. The second-order valence-corrected chi connectivity index (χ2v) is 6.69. The number of amides is 2. The number of carbonyl (C=O) groups is 3. The van der Waals surface area contributed by atoms with Crippen molar-refractivity contribution in [2.24, 2.45) is 0 Å². The van der Waals surface area contributed by atoms with Crippen LogP contribution < -0.4 is 10.6 Å². The normalized spacial score (nSPS) is 11.5. The van der Waals surface area contributed by atoms with Crippen LogP contribution in [-0.4, -0.2) is 23.9 Å². The van der Waals surface area contributed by atoms with Crippen LogP contribution in [0.25, 0.3) is 10.8 Å². The molecule has 0 spiro atoms. The number of carbonyl (C=O) groups excluding carboxylic acids is 3. The Morgan fingerprint density at radius 2 is 1.48 bits per heavy atom. The molecule has 3 aromatic rings.